The van der Waals surface area contributed by atoms with Crippen LogP contribution in [0.2, 0.25) is 0 Å². The summed E-state index contributed by atoms with van der Waals surface area (Å²) in [5, 5.41) is 2.65. The van der Waals surface area contributed by atoms with E-state index in [1.165, 1.54) is 18.1 Å². The molecule has 0 spiro atoms. The maximum Gasteiger partial charge on any atom is 0.273 e. The first kappa shape index (κ1) is 26.2. The molecule has 2 heterocycles. The molecule has 1 N–H and O–H groups in total. The molecular weight excluding hydrogens is 518 g/mol. The summed E-state index contributed by atoms with van der Waals surface area (Å²) in [7, 11) is -0.512. The van der Waals surface area contributed by atoms with Crippen molar-refractivity contribution < 1.29 is 18.0 Å². The topological polar surface area (TPSA) is 88.5 Å². The van der Waals surface area contributed by atoms with Crippen LogP contribution in [0.1, 0.15) is 53.9 Å². The van der Waals surface area contributed by atoms with Gasteiger partial charge in [-0.2, -0.15) is 0 Å². The van der Waals surface area contributed by atoms with Gasteiger partial charge < -0.3 is 9.47 Å². The quantitative estimate of drug-likeness (QED) is 0.324. The summed E-state index contributed by atoms with van der Waals surface area (Å²) >= 11 is 1.05. The van der Waals surface area contributed by atoms with Crippen LogP contribution < -0.4 is 4.72 Å². The van der Waals surface area contributed by atoms with Crippen molar-refractivity contribution in [3.05, 3.63) is 77.2 Å². The predicted molar refractivity (Wildman–Crippen MR) is 151 cm³/mol. The normalized spacial score (nSPS) is 14.5. The molecule has 0 bridgehead atoms. The van der Waals surface area contributed by atoms with Crippen molar-refractivity contribution in [1.29, 1.82) is 0 Å². The third-order valence-electron chi connectivity index (χ3n) is 7.21. The fourth-order valence-electron chi connectivity index (χ4n) is 5.32. The number of carbonyl (C=O) groups excluding carboxylic acids is 2. The maximum absolute atomic E-state index is 13.1. The van der Waals surface area contributed by atoms with Crippen LogP contribution in [0.4, 0.5) is 0 Å². The SMILES string of the molecule is CN(C)C(=O)Cn1c(-c2ccccc2)c(C2CCCCC2)c2ccc(C(=O)NS(=O)(=O)c3cccs3)cc21. The van der Waals surface area contributed by atoms with Gasteiger partial charge in [0.15, 0.2) is 0 Å². The minimum atomic E-state index is -3.97. The van der Waals surface area contributed by atoms with Gasteiger partial charge in [0, 0.05) is 25.0 Å². The van der Waals surface area contributed by atoms with Crippen molar-refractivity contribution in [2.24, 2.45) is 0 Å². The predicted octanol–water partition coefficient (Wildman–Crippen LogP) is 5.62. The van der Waals surface area contributed by atoms with Crippen molar-refractivity contribution in [2.45, 2.75) is 48.8 Å². The molecule has 1 saturated carbocycles. The highest BCUT2D eigenvalue weighted by Gasteiger charge is 2.28. The summed E-state index contributed by atoms with van der Waals surface area (Å²) in [5.74, 6) is -0.423. The molecule has 1 fully saturated rings. The van der Waals surface area contributed by atoms with Crippen molar-refractivity contribution in [2.75, 3.05) is 14.1 Å². The number of benzene rings is 2. The van der Waals surface area contributed by atoms with E-state index in [9.17, 15) is 18.0 Å². The zero-order valence-corrected chi connectivity index (χ0v) is 23.1. The molecule has 0 aliphatic heterocycles. The number of nitrogens with zero attached hydrogens (tertiary/aromatic N) is 2. The van der Waals surface area contributed by atoms with Crippen molar-refractivity contribution in [3.8, 4) is 11.3 Å². The van der Waals surface area contributed by atoms with Crippen molar-refractivity contribution >= 4 is 44.1 Å². The number of fused-ring (bicyclic) bond motifs is 1. The van der Waals surface area contributed by atoms with E-state index in [4.69, 9.17) is 0 Å². The first-order chi connectivity index (χ1) is 18.3. The van der Waals surface area contributed by atoms with Crippen LogP contribution in [-0.4, -0.2) is 43.8 Å². The lowest BCUT2D eigenvalue weighted by atomic mass is 9.82. The molecule has 0 radical (unpaired) electrons. The lowest BCUT2D eigenvalue weighted by Gasteiger charge is -2.24. The molecule has 0 atom stereocenters. The maximum atomic E-state index is 13.1. The van der Waals surface area contributed by atoms with E-state index in [1.807, 2.05) is 28.8 Å². The van der Waals surface area contributed by atoms with Gasteiger partial charge in [0.2, 0.25) is 5.91 Å². The lowest BCUT2D eigenvalue weighted by molar-refractivity contribution is -0.129. The minimum Gasteiger partial charge on any atom is -0.347 e. The Morgan fingerprint density at radius 2 is 1.74 bits per heavy atom. The summed E-state index contributed by atoms with van der Waals surface area (Å²) in [5.41, 5.74) is 4.19. The van der Waals surface area contributed by atoms with Gasteiger partial charge in [-0.1, -0.05) is 61.7 Å². The van der Waals surface area contributed by atoms with Gasteiger partial charge in [-0.15, -0.1) is 11.3 Å². The zero-order valence-electron chi connectivity index (χ0n) is 21.5. The molecule has 0 saturated heterocycles. The van der Waals surface area contributed by atoms with Crippen LogP contribution >= 0.6 is 11.3 Å². The third-order valence-corrected chi connectivity index (χ3v) is 9.93. The van der Waals surface area contributed by atoms with Gasteiger partial charge in [-0.25, -0.2) is 13.1 Å². The van der Waals surface area contributed by atoms with E-state index in [-0.39, 0.29) is 22.2 Å². The second kappa shape index (κ2) is 10.7. The highest BCUT2D eigenvalue weighted by molar-refractivity contribution is 7.92. The summed E-state index contributed by atoms with van der Waals surface area (Å²) in [6.45, 7) is 0.110. The van der Waals surface area contributed by atoms with Gasteiger partial charge in [-0.3, -0.25) is 9.59 Å². The van der Waals surface area contributed by atoms with Crippen molar-refractivity contribution in [1.82, 2.24) is 14.2 Å². The van der Waals surface area contributed by atoms with Crippen molar-refractivity contribution in [3.63, 3.8) is 0 Å². The summed E-state index contributed by atoms with van der Waals surface area (Å²) in [6, 6.07) is 18.5. The van der Waals surface area contributed by atoms with E-state index in [0.29, 0.717) is 5.92 Å². The number of hydrogen-bond acceptors (Lipinski definition) is 5. The molecule has 7 nitrogen and oxygen atoms in total. The van der Waals surface area contributed by atoms with E-state index >= 15 is 0 Å². The number of amides is 2. The molecule has 2 aromatic carbocycles. The van der Waals surface area contributed by atoms with Gasteiger partial charge in [-0.05, 0) is 53.5 Å². The molecule has 1 aliphatic rings. The van der Waals surface area contributed by atoms with Gasteiger partial charge in [0.25, 0.3) is 15.9 Å². The first-order valence-corrected chi connectivity index (χ1v) is 15.1. The molecule has 1 aliphatic carbocycles. The Morgan fingerprint density at radius 1 is 1.00 bits per heavy atom. The Labute approximate surface area is 227 Å². The first-order valence-electron chi connectivity index (χ1n) is 12.8. The van der Waals surface area contributed by atoms with Crippen LogP contribution in [-0.2, 0) is 21.4 Å². The Balaban J connectivity index is 1.68. The molecule has 0 unspecified atom stereocenters. The van der Waals surface area contributed by atoms with Crippen LogP contribution in [0.5, 0.6) is 0 Å². The largest absolute Gasteiger partial charge is 0.347 e. The van der Waals surface area contributed by atoms with E-state index < -0.39 is 15.9 Å². The van der Waals surface area contributed by atoms with Crippen LogP contribution in [0.15, 0.2) is 70.3 Å². The fourth-order valence-corrected chi connectivity index (χ4v) is 7.28. The van der Waals surface area contributed by atoms with Gasteiger partial charge >= 0.3 is 0 Å². The molecule has 198 valence electrons. The van der Waals surface area contributed by atoms with Crippen LogP contribution in [0, 0.1) is 0 Å². The second-order valence-corrected chi connectivity index (χ2v) is 12.8. The number of rotatable bonds is 7. The zero-order chi connectivity index (χ0) is 26.9. The highest BCUT2D eigenvalue weighted by Crippen LogP contribution is 2.44. The summed E-state index contributed by atoms with van der Waals surface area (Å²) in [6.07, 6.45) is 5.67. The number of hydrogen-bond donors (Lipinski definition) is 1. The molecule has 2 amide bonds. The smallest absolute Gasteiger partial charge is 0.273 e. The molecule has 9 heteroatoms. The summed E-state index contributed by atoms with van der Waals surface area (Å²) in [4.78, 5) is 27.7. The average Bonchev–Trinajstić information content (AvgIpc) is 3.57. The number of carbonyl (C=O) groups is 2. The summed E-state index contributed by atoms with van der Waals surface area (Å²) < 4.78 is 29.7. The lowest BCUT2D eigenvalue weighted by Crippen LogP contribution is -2.30. The van der Waals surface area contributed by atoms with Crippen LogP contribution in [0.25, 0.3) is 22.2 Å². The Kier molecular flexibility index (Phi) is 7.40. The molecule has 38 heavy (non-hydrogen) atoms. The standard InChI is InChI=1S/C29H31N3O4S2/c1-31(2)25(33)19-32-24-18-22(29(34)30-38(35,36)26-14-9-17-37-26)15-16-23(24)27(20-10-5-3-6-11-20)28(32)21-12-7-4-8-13-21/h4,7-9,12-18,20H,3,5-6,10-11,19H2,1-2H3,(H,30,34). The fraction of sp³-hybridized carbons (Fsp3) is 0.310. The minimum absolute atomic E-state index is 0.0654. The van der Waals surface area contributed by atoms with E-state index in [2.05, 4.69) is 16.9 Å². The molecule has 4 aromatic rings. The molecule has 2 aromatic heterocycles. The van der Waals surface area contributed by atoms with Crippen LogP contribution in [0.3, 0.4) is 0 Å². The number of sulfonamides is 1. The van der Waals surface area contributed by atoms with Gasteiger partial charge in [0.1, 0.15) is 10.8 Å². The average molecular weight is 550 g/mol. The number of aromatic nitrogens is 1. The Morgan fingerprint density at radius 3 is 2.39 bits per heavy atom. The monoisotopic (exact) mass is 549 g/mol. The molecule has 5 rings (SSSR count). The Bertz CT molecular complexity index is 1570. The second-order valence-electron chi connectivity index (χ2n) is 9.94. The number of thiophene rings is 1. The highest BCUT2D eigenvalue weighted by atomic mass is 32.2. The number of nitrogens with one attached hydrogen (secondary N) is 1. The van der Waals surface area contributed by atoms with E-state index in [1.54, 1.807) is 42.6 Å². The van der Waals surface area contributed by atoms with E-state index in [0.717, 1.165) is 59.2 Å². The molecular formula is C29H31N3O4S2. The Hall–Kier alpha value is -3.43. The number of likely N-dealkylation sites (N-methyl/N-ethyl adjacent to an activating group) is 1. The van der Waals surface area contributed by atoms with Gasteiger partial charge in [0.05, 0.1) is 11.2 Å². The third kappa shape index (κ3) is 5.13.